The van der Waals surface area contributed by atoms with E-state index < -0.39 is 5.97 Å². The number of carboxylic acids is 1. The maximum absolute atomic E-state index is 10.6. The SMILES string of the molecule is O=C(O)Cc1cn(Cc2nnnn2-c2ccccc2)nn1. The Morgan fingerprint density at radius 2 is 1.95 bits per heavy atom. The standard InChI is InChI=1S/C12H11N7O2/c20-12(21)6-9-7-18(16-13-9)8-11-14-15-17-19(11)10-4-2-1-3-5-10/h1-5,7H,6,8H2,(H,20,21). The lowest BCUT2D eigenvalue weighted by Crippen LogP contribution is -2.09. The molecule has 0 atom stereocenters. The van der Waals surface area contributed by atoms with Gasteiger partial charge in [0.05, 0.1) is 17.8 Å². The molecule has 9 nitrogen and oxygen atoms in total. The van der Waals surface area contributed by atoms with Gasteiger partial charge >= 0.3 is 5.97 Å². The molecular weight excluding hydrogens is 274 g/mol. The van der Waals surface area contributed by atoms with Crippen LogP contribution in [0.25, 0.3) is 5.69 Å². The zero-order chi connectivity index (χ0) is 14.7. The summed E-state index contributed by atoms with van der Waals surface area (Å²) in [6.45, 7) is 0.300. The van der Waals surface area contributed by atoms with Crippen LogP contribution in [0.4, 0.5) is 0 Å². The molecule has 0 saturated carbocycles. The van der Waals surface area contributed by atoms with Crippen LogP contribution >= 0.6 is 0 Å². The molecule has 0 aliphatic carbocycles. The fraction of sp³-hybridized carbons (Fsp3) is 0.167. The van der Waals surface area contributed by atoms with Crippen LogP contribution < -0.4 is 0 Å². The van der Waals surface area contributed by atoms with E-state index in [1.54, 1.807) is 10.9 Å². The predicted octanol–water partition coefficient (Wildman–Crippen LogP) is -0.0708. The van der Waals surface area contributed by atoms with Crippen molar-refractivity contribution < 1.29 is 9.90 Å². The summed E-state index contributed by atoms with van der Waals surface area (Å²) in [5.41, 5.74) is 1.23. The number of rotatable bonds is 5. The molecule has 3 rings (SSSR count). The number of aromatic nitrogens is 7. The van der Waals surface area contributed by atoms with Crippen LogP contribution in [0.15, 0.2) is 36.5 Å². The minimum absolute atomic E-state index is 0.163. The quantitative estimate of drug-likeness (QED) is 0.698. The Bertz CT molecular complexity index is 750. The van der Waals surface area contributed by atoms with Crippen LogP contribution in [-0.2, 0) is 17.8 Å². The summed E-state index contributed by atoms with van der Waals surface area (Å²) in [5.74, 6) is -0.371. The van der Waals surface area contributed by atoms with Gasteiger partial charge in [-0.1, -0.05) is 23.4 Å². The number of hydrogen-bond acceptors (Lipinski definition) is 6. The molecule has 0 spiro atoms. The molecule has 2 aromatic heterocycles. The highest BCUT2D eigenvalue weighted by atomic mass is 16.4. The number of benzene rings is 1. The summed E-state index contributed by atoms with van der Waals surface area (Å²) < 4.78 is 3.10. The molecule has 21 heavy (non-hydrogen) atoms. The number of tetrazole rings is 1. The van der Waals surface area contributed by atoms with Gasteiger partial charge in [-0.15, -0.1) is 10.2 Å². The second kappa shape index (κ2) is 5.49. The normalized spacial score (nSPS) is 10.7. The Hall–Kier alpha value is -3.10. The number of carbonyl (C=O) groups is 1. The molecule has 0 fully saturated rings. The van der Waals surface area contributed by atoms with Crippen LogP contribution in [0.3, 0.4) is 0 Å². The van der Waals surface area contributed by atoms with Crippen molar-refractivity contribution in [2.45, 2.75) is 13.0 Å². The van der Waals surface area contributed by atoms with Crippen molar-refractivity contribution in [2.24, 2.45) is 0 Å². The Morgan fingerprint density at radius 1 is 1.14 bits per heavy atom. The first kappa shape index (κ1) is 12.9. The van der Waals surface area contributed by atoms with Crippen molar-refractivity contribution in [2.75, 3.05) is 0 Å². The molecule has 3 aromatic rings. The molecule has 1 aromatic carbocycles. The van der Waals surface area contributed by atoms with E-state index in [1.165, 1.54) is 4.68 Å². The monoisotopic (exact) mass is 285 g/mol. The molecule has 0 radical (unpaired) electrons. The fourth-order valence-electron chi connectivity index (χ4n) is 1.87. The van der Waals surface area contributed by atoms with E-state index in [-0.39, 0.29) is 6.42 Å². The van der Waals surface area contributed by atoms with Gasteiger partial charge in [0.2, 0.25) is 0 Å². The van der Waals surface area contributed by atoms with Crippen LogP contribution in [0.1, 0.15) is 11.5 Å². The second-order valence-electron chi connectivity index (χ2n) is 4.32. The van der Waals surface area contributed by atoms with Crippen molar-refractivity contribution in [3.63, 3.8) is 0 Å². The zero-order valence-electron chi connectivity index (χ0n) is 10.9. The number of hydrogen-bond donors (Lipinski definition) is 1. The Morgan fingerprint density at radius 3 is 2.71 bits per heavy atom. The molecular formula is C12H11N7O2. The third kappa shape index (κ3) is 2.91. The molecule has 0 aliphatic heterocycles. The molecule has 0 aliphatic rings. The maximum atomic E-state index is 10.6. The topological polar surface area (TPSA) is 112 Å². The van der Waals surface area contributed by atoms with Crippen LogP contribution in [0.2, 0.25) is 0 Å². The summed E-state index contributed by atoms with van der Waals surface area (Å²) in [5, 5.41) is 27.9. The number of para-hydroxylation sites is 1. The van der Waals surface area contributed by atoms with Crippen LogP contribution in [0, 0.1) is 0 Å². The van der Waals surface area contributed by atoms with Gasteiger partial charge in [-0.05, 0) is 22.6 Å². The fourth-order valence-corrected chi connectivity index (χ4v) is 1.87. The lowest BCUT2D eigenvalue weighted by atomic mass is 10.3. The number of aliphatic carboxylic acids is 1. The lowest BCUT2D eigenvalue weighted by molar-refractivity contribution is -0.136. The Kier molecular flexibility index (Phi) is 3.37. The van der Waals surface area contributed by atoms with E-state index in [0.29, 0.717) is 18.1 Å². The smallest absolute Gasteiger partial charge is 0.309 e. The Labute approximate surface area is 118 Å². The van der Waals surface area contributed by atoms with Crippen molar-refractivity contribution in [1.29, 1.82) is 0 Å². The maximum Gasteiger partial charge on any atom is 0.309 e. The molecule has 0 saturated heterocycles. The largest absolute Gasteiger partial charge is 0.481 e. The third-order valence-corrected chi connectivity index (χ3v) is 2.76. The summed E-state index contributed by atoms with van der Waals surface area (Å²) in [6, 6.07) is 9.46. The molecule has 0 amide bonds. The van der Waals surface area contributed by atoms with Gasteiger partial charge < -0.3 is 5.11 Å². The van der Waals surface area contributed by atoms with Crippen molar-refractivity contribution in [3.05, 3.63) is 48.0 Å². The van der Waals surface area contributed by atoms with Crippen molar-refractivity contribution in [1.82, 2.24) is 35.2 Å². The Balaban J connectivity index is 1.81. The van der Waals surface area contributed by atoms with Gasteiger partial charge in [-0.2, -0.15) is 4.68 Å². The van der Waals surface area contributed by atoms with Gasteiger partial charge in [0.15, 0.2) is 5.82 Å². The van der Waals surface area contributed by atoms with E-state index >= 15 is 0 Å². The lowest BCUT2D eigenvalue weighted by Gasteiger charge is -2.03. The number of nitrogens with zero attached hydrogens (tertiary/aromatic N) is 7. The summed E-state index contributed by atoms with van der Waals surface area (Å²) in [4.78, 5) is 10.6. The second-order valence-corrected chi connectivity index (χ2v) is 4.32. The molecule has 106 valence electrons. The third-order valence-electron chi connectivity index (χ3n) is 2.76. The minimum atomic E-state index is -0.948. The van der Waals surface area contributed by atoms with Gasteiger partial charge in [-0.3, -0.25) is 4.79 Å². The van der Waals surface area contributed by atoms with E-state index in [4.69, 9.17) is 5.11 Å². The molecule has 1 N–H and O–H groups in total. The molecule has 2 heterocycles. The summed E-state index contributed by atoms with van der Waals surface area (Å²) in [6.07, 6.45) is 1.40. The average Bonchev–Trinajstić information content (AvgIpc) is 3.09. The van der Waals surface area contributed by atoms with Gasteiger partial charge in [0.25, 0.3) is 0 Å². The van der Waals surface area contributed by atoms with Crippen LogP contribution in [-0.4, -0.2) is 46.3 Å². The highest BCUT2D eigenvalue weighted by Gasteiger charge is 2.11. The highest BCUT2D eigenvalue weighted by molar-refractivity contribution is 5.69. The van der Waals surface area contributed by atoms with E-state index in [9.17, 15) is 4.79 Å². The van der Waals surface area contributed by atoms with Crippen molar-refractivity contribution >= 4 is 5.97 Å². The first-order chi connectivity index (χ1) is 10.2. The van der Waals surface area contributed by atoms with E-state index in [2.05, 4.69) is 25.8 Å². The first-order valence-electron chi connectivity index (χ1n) is 6.16. The average molecular weight is 285 g/mol. The zero-order valence-corrected chi connectivity index (χ0v) is 10.9. The van der Waals surface area contributed by atoms with Gasteiger partial charge in [-0.25, -0.2) is 4.68 Å². The molecule has 0 unspecified atom stereocenters. The van der Waals surface area contributed by atoms with E-state index in [0.717, 1.165) is 5.69 Å². The van der Waals surface area contributed by atoms with Gasteiger partial charge in [0, 0.05) is 6.20 Å². The minimum Gasteiger partial charge on any atom is -0.481 e. The predicted molar refractivity (Wildman–Crippen MR) is 69.6 cm³/mol. The highest BCUT2D eigenvalue weighted by Crippen LogP contribution is 2.08. The number of carboxylic acid groups (broad SMARTS) is 1. The molecule has 0 bridgehead atoms. The van der Waals surface area contributed by atoms with Crippen molar-refractivity contribution in [3.8, 4) is 5.69 Å². The first-order valence-corrected chi connectivity index (χ1v) is 6.16. The van der Waals surface area contributed by atoms with Crippen LogP contribution in [0.5, 0.6) is 0 Å². The van der Waals surface area contributed by atoms with Gasteiger partial charge in [0.1, 0.15) is 6.54 Å². The molecule has 9 heteroatoms. The summed E-state index contributed by atoms with van der Waals surface area (Å²) in [7, 11) is 0. The van der Waals surface area contributed by atoms with E-state index in [1.807, 2.05) is 30.3 Å². The summed E-state index contributed by atoms with van der Waals surface area (Å²) >= 11 is 0.